The fourth-order valence-corrected chi connectivity index (χ4v) is 4.31. The largest absolute Gasteiger partial charge is 0.496 e. The van der Waals surface area contributed by atoms with Crippen LogP contribution in [-0.2, 0) is 11.2 Å². The molecule has 7 nitrogen and oxygen atoms in total. The highest BCUT2D eigenvalue weighted by molar-refractivity contribution is 5.68. The number of aliphatic hydroxyl groups is 4. The quantitative estimate of drug-likeness (QED) is 0.464. The minimum atomic E-state index is -1.47. The molecule has 1 aromatic rings. The van der Waals surface area contributed by atoms with E-state index in [2.05, 4.69) is 24.3 Å². The minimum Gasteiger partial charge on any atom is -0.496 e. The van der Waals surface area contributed by atoms with Gasteiger partial charge in [0.15, 0.2) is 0 Å². The van der Waals surface area contributed by atoms with Gasteiger partial charge in [0, 0.05) is 18.1 Å². The Hall–Kier alpha value is -2.68. The summed E-state index contributed by atoms with van der Waals surface area (Å²) in [7, 11) is 3.07. The molecule has 0 amide bonds. The second-order valence-corrected chi connectivity index (χ2v) is 8.02. The topological polar surface area (TPSA) is 109 Å². The first kappa shape index (κ1) is 22.5. The van der Waals surface area contributed by atoms with E-state index in [1.165, 1.54) is 7.11 Å². The molecule has 0 saturated carbocycles. The number of ether oxygens (including phenoxy) is 3. The minimum absolute atomic E-state index is 0.412. The molecule has 0 spiro atoms. The average molecular weight is 440 g/mol. The van der Waals surface area contributed by atoms with Crippen LogP contribution in [-0.4, -0.2) is 65.7 Å². The lowest BCUT2D eigenvalue weighted by Crippen LogP contribution is -2.55. The molecule has 0 aromatic heterocycles. The van der Waals surface area contributed by atoms with Crippen molar-refractivity contribution in [2.75, 3.05) is 20.8 Å². The van der Waals surface area contributed by atoms with Gasteiger partial charge in [-0.25, -0.2) is 0 Å². The van der Waals surface area contributed by atoms with E-state index in [0.29, 0.717) is 23.5 Å². The number of fused-ring (bicyclic) bond motifs is 1. The molecule has 4 N–H and O–H groups in total. The lowest BCUT2D eigenvalue weighted by Gasteiger charge is -2.40. The molecule has 0 bridgehead atoms. The zero-order valence-corrected chi connectivity index (χ0v) is 18.0. The predicted molar refractivity (Wildman–Crippen MR) is 118 cm³/mol. The Balaban J connectivity index is 1.74. The van der Waals surface area contributed by atoms with Crippen molar-refractivity contribution in [1.29, 1.82) is 0 Å². The molecule has 4 rings (SSSR count). The average Bonchev–Trinajstić information content (AvgIpc) is 3.05. The standard InChI is InChI=1S/C25H28O7/c1-30-19-12-20(31-2)18(25-24(29)23(28)22(27)21(13-26)32-25)11-17(19)10-14-8-15-6-4-3-5-7-16(15)9-14/h3-9,11-12,21-29H,10,13H2,1-2H3/t21-,22-,23+,24-,25+/m1/s1. The maximum absolute atomic E-state index is 10.6. The molecule has 2 aliphatic carbocycles. The van der Waals surface area contributed by atoms with Crippen molar-refractivity contribution in [3.63, 3.8) is 0 Å². The molecule has 0 unspecified atom stereocenters. The highest BCUT2D eigenvalue weighted by Gasteiger charge is 2.45. The van der Waals surface area contributed by atoms with Gasteiger partial charge in [0.25, 0.3) is 0 Å². The second kappa shape index (κ2) is 9.44. The van der Waals surface area contributed by atoms with Crippen LogP contribution in [0.2, 0.25) is 0 Å². The number of benzene rings is 1. The second-order valence-electron chi connectivity index (χ2n) is 8.02. The van der Waals surface area contributed by atoms with E-state index in [1.54, 1.807) is 13.2 Å². The molecule has 0 radical (unpaired) electrons. The molecule has 5 atom stereocenters. The summed E-state index contributed by atoms with van der Waals surface area (Å²) in [6.07, 6.45) is -5.73. The Morgan fingerprint density at radius 3 is 2.06 bits per heavy atom. The van der Waals surface area contributed by atoms with E-state index in [-0.39, 0.29) is 0 Å². The van der Waals surface area contributed by atoms with Crippen molar-refractivity contribution < 1.29 is 34.6 Å². The van der Waals surface area contributed by atoms with Crippen LogP contribution < -0.4 is 9.47 Å². The number of aliphatic hydroxyl groups excluding tert-OH is 4. The molecular weight excluding hydrogens is 412 g/mol. The van der Waals surface area contributed by atoms with Crippen LogP contribution in [0.5, 0.6) is 11.5 Å². The Morgan fingerprint density at radius 2 is 1.47 bits per heavy atom. The summed E-state index contributed by atoms with van der Waals surface area (Å²) in [4.78, 5) is 0. The zero-order valence-electron chi connectivity index (χ0n) is 18.0. The Bertz CT molecular complexity index is 1000. The molecular formula is C25H28O7. The molecule has 1 saturated heterocycles. The van der Waals surface area contributed by atoms with Gasteiger partial charge in [0.05, 0.1) is 20.8 Å². The van der Waals surface area contributed by atoms with Gasteiger partial charge >= 0.3 is 0 Å². The molecule has 1 heterocycles. The first-order valence-electron chi connectivity index (χ1n) is 10.5. The monoisotopic (exact) mass is 440 g/mol. The van der Waals surface area contributed by atoms with Crippen molar-refractivity contribution in [3.8, 4) is 22.6 Å². The van der Waals surface area contributed by atoms with Gasteiger partial charge in [-0.05, 0) is 28.3 Å². The normalized spacial score (nSPS) is 25.6. The van der Waals surface area contributed by atoms with Crippen LogP contribution in [0.4, 0.5) is 0 Å². The van der Waals surface area contributed by atoms with E-state index < -0.39 is 37.1 Å². The SMILES string of the molecule is COc1cc(OC)c([C@@H]2O[C@H](CO)[C@@H](O)[C@H](O)[C@H]2O)cc1Cc1cc2cccccc-2c1. The smallest absolute Gasteiger partial charge is 0.128 e. The van der Waals surface area contributed by atoms with E-state index in [0.717, 1.165) is 22.3 Å². The maximum atomic E-state index is 10.6. The summed E-state index contributed by atoms with van der Waals surface area (Å²) in [6, 6.07) is 17.9. The van der Waals surface area contributed by atoms with Crippen molar-refractivity contribution >= 4 is 0 Å². The number of rotatable bonds is 6. The maximum Gasteiger partial charge on any atom is 0.128 e. The summed E-state index contributed by atoms with van der Waals surface area (Å²) >= 11 is 0. The first-order valence-corrected chi connectivity index (χ1v) is 10.5. The van der Waals surface area contributed by atoms with Gasteiger partial charge in [-0.1, -0.05) is 42.5 Å². The van der Waals surface area contributed by atoms with Crippen molar-refractivity contribution in [1.82, 2.24) is 0 Å². The van der Waals surface area contributed by atoms with Gasteiger partial charge in [-0.2, -0.15) is 0 Å². The highest BCUT2D eigenvalue weighted by Crippen LogP contribution is 2.41. The van der Waals surface area contributed by atoms with E-state index in [1.807, 2.05) is 24.3 Å². The predicted octanol–water partition coefficient (Wildman–Crippen LogP) is 1.91. The van der Waals surface area contributed by atoms with Crippen LogP contribution in [0.1, 0.15) is 22.8 Å². The van der Waals surface area contributed by atoms with E-state index in [9.17, 15) is 20.4 Å². The number of methoxy groups -OCH3 is 2. The van der Waals surface area contributed by atoms with Crippen molar-refractivity contribution in [3.05, 3.63) is 71.3 Å². The molecule has 1 fully saturated rings. The fraction of sp³-hybridized carbons (Fsp3) is 0.360. The van der Waals surface area contributed by atoms with E-state index in [4.69, 9.17) is 14.2 Å². The molecule has 3 aliphatic rings. The molecule has 1 aliphatic heterocycles. The number of hydrogen-bond donors (Lipinski definition) is 4. The van der Waals surface area contributed by atoms with Crippen LogP contribution in [0.15, 0.2) is 54.6 Å². The summed E-state index contributed by atoms with van der Waals surface area (Å²) < 4.78 is 16.9. The first-order chi connectivity index (χ1) is 15.5. The van der Waals surface area contributed by atoms with Crippen LogP contribution in [0.3, 0.4) is 0 Å². The van der Waals surface area contributed by atoms with Crippen LogP contribution >= 0.6 is 0 Å². The Morgan fingerprint density at radius 1 is 0.812 bits per heavy atom. The van der Waals surface area contributed by atoms with Crippen molar-refractivity contribution in [2.24, 2.45) is 0 Å². The highest BCUT2D eigenvalue weighted by atomic mass is 16.5. The molecule has 7 heteroatoms. The molecule has 1 aromatic carbocycles. The summed E-state index contributed by atoms with van der Waals surface area (Å²) in [5, 5.41) is 40.5. The summed E-state index contributed by atoms with van der Waals surface area (Å²) in [5.41, 5.74) is 4.70. The Kier molecular flexibility index (Phi) is 6.64. The fourth-order valence-electron chi connectivity index (χ4n) is 4.31. The molecule has 32 heavy (non-hydrogen) atoms. The lowest BCUT2D eigenvalue weighted by molar-refractivity contribution is -0.232. The van der Waals surface area contributed by atoms with Crippen molar-refractivity contribution in [2.45, 2.75) is 36.9 Å². The third-order valence-electron chi connectivity index (χ3n) is 6.02. The molecule has 170 valence electrons. The zero-order chi connectivity index (χ0) is 22.8. The lowest BCUT2D eigenvalue weighted by atomic mass is 9.89. The van der Waals surface area contributed by atoms with Gasteiger partial charge in [0.2, 0.25) is 0 Å². The van der Waals surface area contributed by atoms with Gasteiger partial charge in [0.1, 0.15) is 42.0 Å². The third kappa shape index (κ3) is 4.18. The van der Waals surface area contributed by atoms with Gasteiger partial charge in [-0.3, -0.25) is 0 Å². The van der Waals surface area contributed by atoms with Gasteiger partial charge in [-0.15, -0.1) is 0 Å². The summed E-state index contributed by atoms with van der Waals surface area (Å²) in [5.74, 6) is 1.03. The van der Waals surface area contributed by atoms with E-state index >= 15 is 0 Å². The third-order valence-corrected chi connectivity index (χ3v) is 6.02. The Labute approximate surface area is 186 Å². The van der Waals surface area contributed by atoms with Crippen LogP contribution in [0.25, 0.3) is 11.1 Å². The summed E-state index contributed by atoms with van der Waals surface area (Å²) in [6.45, 7) is -0.496. The van der Waals surface area contributed by atoms with Gasteiger partial charge < -0.3 is 34.6 Å². The number of hydrogen-bond acceptors (Lipinski definition) is 7. The van der Waals surface area contributed by atoms with Crippen LogP contribution in [0, 0.1) is 0 Å².